The van der Waals surface area contributed by atoms with Gasteiger partial charge in [0, 0.05) is 6.42 Å². The number of hydrogen-bond acceptors (Lipinski definition) is 4. The molecule has 0 radical (unpaired) electrons. The Morgan fingerprint density at radius 1 is 0.718 bits per heavy atom. The molecule has 39 heavy (non-hydrogen) atoms. The van der Waals surface area contributed by atoms with Gasteiger partial charge < -0.3 is 10.4 Å². The summed E-state index contributed by atoms with van der Waals surface area (Å²) >= 11 is 0. The van der Waals surface area contributed by atoms with Gasteiger partial charge in [-0.1, -0.05) is 113 Å². The first-order valence-electron chi connectivity index (χ1n) is 15.0. The SMILES string of the molecule is CC/C=C\C/C=C\C/C=C\CCCCCCCCCC(=O)NC(CS(=O)(=O)O)C(O)/C=C/CC/C=C/CCC. The first-order valence-corrected chi connectivity index (χ1v) is 16.6. The minimum absolute atomic E-state index is 0.273. The summed E-state index contributed by atoms with van der Waals surface area (Å²) in [4.78, 5) is 12.3. The molecule has 0 spiro atoms. The van der Waals surface area contributed by atoms with E-state index in [9.17, 15) is 22.9 Å². The Morgan fingerprint density at radius 3 is 1.90 bits per heavy atom. The maximum absolute atomic E-state index is 12.3. The zero-order valence-electron chi connectivity index (χ0n) is 24.5. The predicted octanol–water partition coefficient (Wildman–Crippen LogP) is 7.78. The number of allylic oxidation sites excluding steroid dienone is 9. The molecule has 3 N–H and O–H groups in total. The van der Waals surface area contributed by atoms with Crippen molar-refractivity contribution in [3.63, 3.8) is 0 Å². The average Bonchev–Trinajstić information content (AvgIpc) is 2.88. The molecule has 0 aromatic carbocycles. The maximum atomic E-state index is 12.3. The molecule has 0 aliphatic carbocycles. The summed E-state index contributed by atoms with van der Waals surface area (Å²) < 4.78 is 32.0. The fourth-order valence-electron chi connectivity index (χ4n) is 3.95. The molecule has 224 valence electrons. The van der Waals surface area contributed by atoms with Gasteiger partial charge in [-0.15, -0.1) is 0 Å². The van der Waals surface area contributed by atoms with Crippen LogP contribution in [-0.4, -0.2) is 41.9 Å². The second-order valence-electron chi connectivity index (χ2n) is 9.99. The van der Waals surface area contributed by atoms with Gasteiger partial charge in [-0.3, -0.25) is 9.35 Å². The van der Waals surface area contributed by atoms with Crippen LogP contribution in [0.2, 0.25) is 0 Å². The number of nitrogens with one attached hydrogen (secondary N) is 1. The monoisotopic (exact) mass is 565 g/mol. The predicted molar refractivity (Wildman–Crippen MR) is 165 cm³/mol. The Labute approximate surface area is 239 Å². The van der Waals surface area contributed by atoms with Crippen LogP contribution in [0.3, 0.4) is 0 Å². The molecule has 2 unspecified atom stereocenters. The molecule has 0 saturated carbocycles. The lowest BCUT2D eigenvalue weighted by Crippen LogP contribution is -2.46. The largest absolute Gasteiger partial charge is 0.387 e. The maximum Gasteiger partial charge on any atom is 0.267 e. The number of hydrogen-bond donors (Lipinski definition) is 3. The molecule has 0 aromatic heterocycles. The molecule has 0 aliphatic rings. The quantitative estimate of drug-likeness (QED) is 0.0596. The molecular weight excluding hydrogens is 510 g/mol. The second kappa shape index (κ2) is 26.3. The van der Waals surface area contributed by atoms with Crippen molar-refractivity contribution < 1.29 is 22.9 Å². The van der Waals surface area contributed by atoms with Crippen molar-refractivity contribution in [1.82, 2.24) is 5.32 Å². The van der Waals surface area contributed by atoms with Crippen molar-refractivity contribution in [3.8, 4) is 0 Å². The summed E-state index contributed by atoms with van der Waals surface area (Å²) in [5.74, 6) is -1.03. The smallest absolute Gasteiger partial charge is 0.267 e. The minimum Gasteiger partial charge on any atom is -0.387 e. The van der Waals surface area contributed by atoms with Crippen LogP contribution in [0, 0.1) is 0 Å². The van der Waals surface area contributed by atoms with Crippen molar-refractivity contribution in [1.29, 1.82) is 0 Å². The van der Waals surface area contributed by atoms with Crippen molar-refractivity contribution in [2.45, 2.75) is 129 Å². The van der Waals surface area contributed by atoms with Gasteiger partial charge in [0.15, 0.2) is 0 Å². The van der Waals surface area contributed by atoms with Gasteiger partial charge in [-0.2, -0.15) is 8.42 Å². The van der Waals surface area contributed by atoms with E-state index in [0.717, 1.165) is 64.2 Å². The van der Waals surface area contributed by atoms with E-state index < -0.39 is 28.0 Å². The van der Waals surface area contributed by atoms with Crippen LogP contribution in [0.1, 0.15) is 117 Å². The standard InChI is InChI=1S/C32H55NO5S/c1-3-5-7-9-11-12-13-14-15-16-17-18-19-20-22-24-26-28-32(35)33-30(29-39(36,37)38)31(34)27-25-23-21-10-8-6-4-2/h5,7-8,10-12,14-15,25,27,30-31,34H,3-4,6,9,13,16-24,26,28-29H2,1-2H3,(H,33,35)(H,36,37,38)/b7-5-,10-8+,12-11-,15-14-,27-25+. The van der Waals surface area contributed by atoms with Crippen LogP contribution in [0.4, 0.5) is 0 Å². The third-order valence-electron chi connectivity index (χ3n) is 6.16. The molecule has 0 aliphatic heterocycles. The highest BCUT2D eigenvalue weighted by atomic mass is 32.2. The van der Waals surface area contributed by atoms with E-state index in [1.165, 1.54) is 25.3 Å². The molecule has 0 bridgehead atoms. The molecule has 1 amide bonds. The van der Waals surface area contributed by atoms with Gasteiger partial charge in [0.2, 0.25) is 5.91 Å². The third-order valence-corrected chi connectivity index (χ3v) is 6.94. The average molecular weight is 566 g/mol. The minimum atomic E-state index is -4.34. The fraction of sp³-hybridized carbons (Fsp3) is 0.656. The number of aliphatic hydroxyl groups excluding tert-OH is 1. The summed E-state index contributed by atoms with van der Waals surface area (Å²) in [5.41, 5.74) is 0. The number of unbranched alkanes of at least 4 members (excludes halogenated alkanes) is 9. The molecule has 0 saturated heterocycles. The summed E-state index contributed by atoms with van der Waals surface area (Å²) in [6, 6.07) is -1.08. The highest BCUT2D eigenvalue weighted by molar-refractivity contribution is 7.85. The second-order valence-corrected chi connectivity index (χ2v) is 11.5. The third kappa shape index (κ3) is 27.4. The van der Waals surface area contributed by atoms with E-state index >= 15 is 0 Å². The van der Waals surface area contributed by atoms with Crippen molar-refractivity contribution in [2.75, 3.05) is 5.75 Å². The van der Waals surface area contributed by atoms with Gasteiger partial charge in [0.25, 0.3) is 10.1 Å². The Hall–Kier alpha value is -1.96. The molecule has 0 aromatic rings. The zero-order chi connectivity index (χ0) is 29.0. The van der Waals surface area contributed by atoms with Crippen molar-refractivity contribution in [2.24, 2.45) is 0 Å². The highest BCUT2D eigenvalue weighted by Crippen LogP contribution is 2.11. The molecule has 7 heteroatoms. The molecule has 6 nitrogen and oxygen atoms in total. The zero-order valence-corrected chi connectivity index (χ0v) is 25.3. The van der Waals surface area contributed by atoms with Crippen LogP contribution in [0.5, 0.6) is 0 Å². The molecule has 2 atom stereocenters. The number of amides is 1. The summed E-state index contributed by atoms with van der Waals surface area (Å²) in [6.07, 6.45) is 35.1. The Balaban J connectivity index is 4.04. The number of carbonyl (C=O) groups is 1. The molecular formula is C32H55NO5S. The Kier molecular flexibility index (Phi) is 25.0. The number of carbonyl (C=O) groups excluding carboxylic acids is 1. The van der Waals surface area contributed by atoms with Crippen LogP contribution < -0.4 is 5.32 Å². The van der Waals surface area contributed by atoms with Gasteiger partial charge in [0.05, 0.1) is 17.9 Å². The van der Waals surface area contributed by atoms with Crippen LogP contribution >= 0.6 is 0 Å². The van der Waals surface area contributed by atoms with E-state index in [-0.39, 0.29) is 12.3 Å². The van der Waals surface area contributed by atoms with E-state index in [1.54, 1.807) is 6.08 Å². The first-order chi connectivity index (χ1) is 18.8. The number of aliphatic hydroxyl groups is 1. The lowest BCUT2D eigenvalue weighted by atomic mass is 10.1. The molecule has 0 rings (SSSR count). The van der Waals surface area contributed by atoms with Gasteiger partial charge in [-0.25, -0.2) is 0 Å². The Bertz CT molecular complexity index is 843. The van der Waals surface area contributed by atoms with Gasteiger partial charge in [-0.05, 0) is 57.8 Å². The van der Waals surface area contributed by atoms with Gasteiger partial charge in [0.1, 0.15) is 0 Å². The lowest BCUT2D eigenvalue weighted by molar-refractivity contribution is -0.122. The first kappa shape index (κ1) is 37.0. The van der Waals surface area contributed by atoms with Crippen molar-refractivity contribution >= 4 is 16.0 Å². The van der Waals surface area contributed by atoms with E-state index in [0.29, 0.717) is 12.8 Å². The summed E-state index contributed by atoms with van der Waals surface area (Å²) in [5, 5.41) is 13.0. The van der Waals surface area contributed by atoms with Crippen LogP contribution in [0.15, 0.2) is 60.8 Å². The highest BCUT2D eigenvalue weighted by Gasteiger charge is 2.24. The van der Waals surface area contributed by atoms with Crippen LogP contribution in [-0.2, 0) is 14.9 Å². The normalized spacial score (nSPS) is 14.5. The fourth-order valence-corrected chi connectivity index (χ4v) is 4.69. The lowest BCUT2D eigenvalue weighted by Gasteiger charge is -2.21. The Morgan fingerprint density at radius 2 is 1.26 bits per heavy atom. The van der Waals surface area contributed by atoms with Crippen LogP contribution in [0.25, 0.3) is 0 Å². The molecule has 0 fully saturated rings. The summed E-state index contributed by atoms with van der Waals surface area (Å²) in [7, 11) is -4.34. The topological polar surface area (TPSA) is 104 Å². The molecule has 0 heterocycles. The number of rotatable bonds is 25. The van der Waals surface area contributed by atoms with E-state index in [4.69, 9.17) is 0 Å². The van der Waals surface area contributed by atoms with Crippen molar-refractivity contribution in [3.05, 3.63) is 60.8 Å². The van der Waals surface area contributed by atoms with E-state index in [2.05, 4.69) is 67.8 Å². The van der Waals surface area contributed by atoms with E-state index in [1.807, 2.05) is 0 Å². The summed E-state index contributed by atoms with van der Waals surface area (Å²) in [6.45, 7) is 4.25. The van der Waals surface area contributed by atoms with Gasteiger partial charge >= 0.3 is 0 Å².